The Morgan fingerprint density at radius 1 is 1.03 bits per heavy atom. The van der Waals surface area contributed by atoms with Gasteiger partial charge in [0, 0.05) is 67.0 Å². The summed E-state index contributed by atoms with van der Waals surface area (Å²) >= 11 is 0. The molecule has 0 bridgehead atoms. The van der Waals surface area contributed by atoms with Crippen molar-refractivity contribution in [2.75, 3.05) is 25.5 Å². The van der Waals surface area contributed by atoms with Crippen LogP contribution in [0.15, 0.2) is 64.3 Å². The number of amides is 1. The lowest BCUT2D eigenvalue weighted by atomic mass is 9.90. The SMILES string of the molecule is Cc1[nH]c(=O)[nH]c(=O)c1CCC(=O)NC[C@@H](c1ccc(N(C)C)cc1)c1c[nH]c2ccccc12. The molecule has 8 nitrogen and oxygen atoms in total. The third kappa shape index (κ3) is 4.96. The molecule has 0 unspecified atom stereocenters. The first-order valence-corrected chi connectivity index (χ1v) is 11.3. The lowest BCUT2D eigenvalue weighted by molar-refractivity contribution is -0.121. The van der Waals surface area contributed by atoms with Crippen molar-refractivity contribution in [2.24, 2.45) is 0 Å². The normalized spacial score (nSPS) is 12.0. The Balaban J connectivity index is 1.53. The van der Waals surface area contributed by atoms with E-state index in [1.807, 2.05) is 43.4 Å². The molecular formula is C26H29N5O3. The van der Waals surface area contributed by atoms with Crippen molar-refractivity contribution in [3.05, 3.63) is 98.0 Å². The third-order valence-corrected chi connectivity index (χ3v) is 6.17. The number of anilines is 1. The first-order valence-electron chi connectivity index (χ1n) is 11.3. The summed E-state index contributed by atoms with van der Waals surface area (Å²) in [6.07, 6.45) is 2.40. The van der Waals surface area contributed by atoms with Crippen LogP contribution in [-0.4, -0.2) is 41.5 Å². The highest BCUT2D eigenvalue weighted by molar-refractivity contribution is 5.84. The van der Waals surface area contributed by atoms with Gasteiger partial charge < -0.3 is 20.2 Å². The van der Waals surface area contributed by atoms with Crippen molar-refractivity contribution >= 4 is 22.5 Å². The molecule has 4 N–H and O–H groups in total. The van der Waals surface area contributed by atoms with Gasteiger partial charge in [-0.15, -0.1) is 0 Å². The van der Waals surface area contributed by atoms with E-state index in [1.54, 1.807) is 6.92 Å². The maximum Gasteiger partial charge on any atom is 0.325 e. The van der Waals surface area contributed by atoms with Gasteiger partial charge in [-0.25, -0.2) is 4.79 Å². The highest BCUT2D eigenvalue weighted by Gasteiger charge is 2.19. The Morgan fingerprint density at radius 2 is 1.76 bits per heavy atom. The highest BCUT2D eigenvalue weighted by atomic mass is 16.2. The molecule has 2 heterocycles. The van der Waals surface area contributed by atoms with Gasteiger partial charge in [0.1, 0.15) is 0 Å². The predicted molar refractivity (Wildman–Crippen MR) is 135 cm³/mol. The minimum absolute atomic E-state index is 0.0467. The zero-order chi connectivity index (χ0) is 24.2. The summed E-state index contributed by atoms with van der Waals surface area (Å²) in [6, 6.07) is 16.5. The number of fused-ring (bicyclic) bond motifs is 1. The molecule has 0 fully saturated rings. The number of para-hydroxylation sites is 1. The first-order chi connectivity index (χ1) is 16.3. The topological polar surface area (TPSA) is 114 Å². The van der Waals surface area contributed by atoms with Crippen LogP contribution in [0.1, 0.15) is 34.7 Å². The molecule has 4 rings (SSSR count). The van der Waals surface area contributed by atoms with Crippen LogP contribution in [0.2, 0.25) is 0 Å². The van der Waals surface area contributed by atoms with Gasteiger partial charge in [-0.2, -0.15) is 0 Å². The van der Waals surface area contributed by atoms with Crippen molar-refractivity contribution < 1.29 is 4.79 Å². The lowest BCUT2D eigenvalue weighted by Crippen LogP contribution is -2.31. The Hall–Kier alpha value is -4.07. The van der Waals surface area contributed by atoms with Gasteiger partial charge in [-0.3, -0.25) is 14.6 Å². The molecule has 4 aromatic rings. The number of nitrogens with one attached hydrogen (secondary N) is 4. The Bertz CT molecular complexity index is 1410. The number of carbonyl (C=O) groups is 1. The van der Waals surface area contributed by atoms with E-state index in [4.69, 9.17) is 0 Å². The van der Waals surface area contributed by atoms with Gasteiger partial charge in [0.15, 0.2) is 0 Å². The van der Waals surface area contributed by atoms with Crippen LogP contribution < -0.4 is 21.5 Å². The van der Waals surface area contributed by atoms with Crippen molar-refractivity contribution in [1.82, 2.24) is 20.3 Å². The summed E-state index contributed by atoms with van der Waals surface area (Å²) in [4.78, 5) is 46.3. The van der Waals surface area contributed by atoms with Gasteiger partial charge in [0.05, 0.1) is 0 Å². The predicted octanol–water partition coefficient (Wildman–Crippen LogP) is 2.80. The van der Waals surface area contributed by atoms with Gasteiger partial charge >= 0.3 is 5.69 Å². The van der Waals surface area contributed by atoms with E-state index in [0.717, 1.165) is 27.7 Å². The molecule has 34 heavy (non-hydrogen) atoms. The quantitative estimate of drug-likeness (QED) is 0.324. The summed E-state index contributed by atoms with van der Waals surface area (Å²) in [5.74, 6) is -0.200. The molecule has 0 aliphatic heterocycles. The average molecular weight is 460 g/mol. The molecule has 1 atom stereocenters. The lowest BCUT2D eigenvalue weighted by Gasteiger charge is -2.20. The molecule has 0 saturated heterocycles. The number of hydrogen-bond acceptors (Lipinski definition) is 4. The second kappa shape index (κ2) is 9.82. The standard InChI is InChI=1S/C26H29N5O3/c1-16-19(25(33)30-26(34)29-16)12-13-24(32)28-14-21(17-8-10-18(11-9-17)31(2)3)22-15-27-23-7-5-4-6-20(22)23/h4-11,15,21,27H,12-14H2,1-3H3,(H,28,32)(H2,29,30,33,34)/t21-/m0/s1. The number of carbonyl (C=O) groups excluding carboxylic acids is 1. The highest BCUT2D eigenvalue weighted by Crippen LogP contribution is 2.31. The van der Waals surface area contributed by atoms with Gasteiger partial charge in [-0.1, -0.05) is 30.3 Å². The van der Waals surface area contributed by atoms with Crippen LogP contribution >= 0.6 is 0 Å². The van der Waals surface area contributed by atoms with Crippen LogP contribution in [0.3, 0.4) is 0 Å². The zero-order valence-corrected chi connectivity index (χ0v) is 19.6. The second-order valence-electron chi connectivity index (χ2n) is 8.64. The molecule has 2 aromatic heterocycles. The van der Waals surface area contributed by atoms with E-state index in [0.29, 0.717) is 17.8 Å². The minimum Gasteiger partial charge on any atom is -0.378 e. The number of nitrogens with zero attached hydrogens (tertiary/aromatic N) is 1. The fraction of sp³-hybridized carbons (Fsp3) is 0.269. The molecule has 8 heteroatoms. The Kier molecular flexibility index (Phi) is 6.67. The minimum atomic E-state index is -0.544. The summed E-state index contributed by atoms with van der Waals surface area (Å²) in [7, 11) is 4.00. The number of aryl methyl sites for hydroxylation is 1. The average Bonchev–Trinajstić information content (AvgIpc) is 3.23. The van der Waals surface area contributed by atoms with E-state index in [1.165, 1.54) is 0 Å². The fourth-order valence-corrected chi connectivity index (χ4v) is 4.26. The summed E-state index contributed by atoms with van der Waals surface area (Å²) in [5, 5.41) is 4.16. The third-order valence-electron chi connectivity index (χ3n) is 6.17. The molecule has 0 aliphatic rings. The first kappa shape index (κ1) is 23.1. The van der Waals surface area contributed by atoms with Gasteiger partial charge in [-0.05, 0) is 42.7 Å². The molecular weight excluding hydrogens is 430 g/mol. The smallest absolute Gasteiger partial charge is 0.325 e. The molecule has 1 amide bonds. The second-order valence-corrected chi connectivity index (χ2v) is 8.64. The molecule has 176 valence electrons. The Labute approximate surface area is 197 Å². The zero-order valence-electron chi connectivity index (χ0n) is 19.6. The van der Waals surface area contributed by atoms with Crippen LogP contribution in [0.5, 0.6) is 0 Å². The Morgan fingerprint density at radius 3 is 2.47 bits per heavy atom. The maximum atomic E-state index is 12.7. The van der Waals surface area contributed by atoms with E-state index in [9.17, 15) is 14.4 Å². The summed E-state index contributed by atoms with van der Waals surface area (Å²) in [6.45, 7) is 2.08. The molecule has 0 radical (unpaired) electrons. The van der Waals surface area contributed by atoms with Crippen LogP contribution in [-0.2, 0) is 11.2 Å². The largest absolute Gasteiger partial charge is 0.378 e. The maximum absolute atomic E-state index is 12.7. The van der Waals surface area contributed by atoms with Crippen LogP contribution in [0.4, 0.5) is 5.69 Å². The number of rotatable bonds is 8. The number of benzene rings is 2. The number of aromatic nitrogens is 3. The van der Waals surface area contributed by atoms with E-state index in [2.05, 4.69) is 50.6 Å². The van der Waals surface area contributed by atoms with Gasteiger partial charge in [0.2, 0.25) is 5.91 Å². The fourth-order valence-electron chi connectivity index (χ4n) is 4.26. The number of hydrogen-bond donors (Lipinski definition) is 4. The van der Waals surface area contributed by atoms with Crippen molar-refractivity contribution in [3.8, 4) is 0 Å². The number of H-pyrrole nitrogens is 3. The molecule has 2 aromatic carbocycles. The van der Waals surface area contributed by atoms with Crippen molar-refractivity contribution in [1.29, 1.82) is 0 Å². The summed E-state index contributed by atoms with van der Waals surface area (Å²) in [5.41, 5.74) is 4.27. The van der Waals surface area contributed by atoms with E-state index < -0.39 is 11.2 Å². The van der Waals surface area contributed by atoms with Crippen molar-refractivity contribution in [3.63, 3.8) is 0 Å². The van der Waals surface area contributed by atoms with Crippen LogP contribution in [0, 0.1) is 6.92 Å². The number of aromatic amines is 3. The summed E-state index contributed by atoms with van der Waals surface area (Å²) < 4.78 is 0. The van der Waals surface area contributed by atoms with Crippen LogP contribution in [0.25, 0.3) is 10.9 Å². The molecule has 0 spiro atoms. The van der Waals surface area contributed by atoms with Crippen molar-refractivity contribution in [2.45, 2.75) is 25.7 Å². The van der Waals surface area contributed by atoms with Gasteiger partial charge in [0.25, 0.3) is 5.56 Å². The monoisotopic (exact) mass is 459 g/mol. The molecule has 0 aliphatic carbocycles. The van der Waals surface area contributed by atoms with E-state index >= 15 is 0 Å². The van der Waals surface area contributed by atoms with E-state index in [-0.39, 0.29) is 24.7 Å². The molecule has 0 saturated carbocycles.